The fourth-order valence-corrected chi connectivity index (χ4v) is 4.99. The number of carbonyl (C=O) groups is 1. The molecule has 4 rings (SSSR count). The molecule has 0 aliphatic carbocycles. The SMILES string of the molecule is CC(C)=CCN1c2c(n(C)c(=O)n(Cc3cc(Cl)nc(Cl)c3)c2=O)N(OC(=O)C(F)(F)F)C1N1CCNCC1. The topological polar surface area (TPSA) is 105 Å². The number of alkyl halides is 3. The molecule has 1 atom stereocenters. The molecule has 2 aliphatic rings. The molecular formula is C23H26Cl2F3N7O4. The van der Waals surface area contributed by atoms with Gasteiger partial charge in [0, 0.05) is 39.8 Å². The van der Waals surface area contributed by atoms with E-state index in [1.165, 1.54) is 24.1 Å². The van der Waals surface area contributed by atoms with Crippen molar-refractivity contribution in [2.24, 2.45) is 7.05 Å². The minimum Gasteiger partial charge on any atom is -0.327 e. The molecule has 212 valence electrons. The molecule has 0 amide bonds. The van der Waals surface area contributed by atoms with E-state index >= 15 is 0 Å². The maximum absolute atomic E-state index is 13.9. The first kappa shape index (κ1) is 28.9. The molecule has 4 heterocycles. The number of carbonyl (C=O) groups excluding carboxylic acids is 1. The van der Waals surface area contributed by atoms with Gasteiger partial charge in [-0.3, -0.25) is 18.8 Å². The monoisotopic (exact) mass is 591 g/mol. The molecule has 39 heavy (non-hydrogen) atoms. The van der Waals surface area contributed by atoms with E-state index in [-0.39, 0.29) is 34.9 Å². The Kier molecular flexibility index (Phi) is 8.30. The van der Waals surface area contributed by atoms with Crippen LogP contribution in [0.1, 0.15) is 19.4 Å². The quantitative estimate of drug-likeness (QED) is 0.399. The summed E-state index contributed by atoms with van der Waals surface area (Å²) < 4.78 is 41.9. The van der Waals surface area contributed by atoms with Gasteiger partial charge in [-0.05, 0) is 31.5 Å². The smallest absolute Gasteiger partial charge is 0.327 e. The summed E-state index contributed by atoms with van der Waals surface area (Å²) in [6, 6.07) is 2.88. The van der Waals surface area contributed by atoms with Crippen molar-refractivity contribution in [2.45, 2.75) is 32.9 Å². The van der Waals surface area contributed by atoms with Crippen LogP contribution in [-0.4, -0.2) is 70.2 Å². The van der Waals surface area contributed by atoms with Crippen LogP contribution in [0.4, 0.5) is 24.7 Å². The molecule has 1 unspecified atom stereocenters. The molecule has 2 aromatic heterocycles. The number of fused-ring (bicyclic) bond motifs is 1. The van der Waals surface area contributed by atoms with Gasteiger partial charge in [0.25, 0.3) is 5.56 Å². The largest absolute Gasteiger partial charge is 0.493 e. The van der Waals surface area contributed by atoms with E-state index in [4.69, 9.17) is 28.0 Å². The van der Waals surface area contributed by atoms with E-state index in [2.05, 4.69) is 10.3 Å². The number of nitrogens with one attached hydrogen (secondary N) is 1. The highest BCUT2D eigenvalue weighted by Crippen LogP contribution is 2.38. The van der Waals surface area contributed by atoms with Gasteiger partial charge >= 0.3 is 17.8 Å². The molecule has 0 bridgehead atoms. The van der Waals surface area contributed by atoms with Crippen LogP contribution in [0, 0.1) is 0 Å². The zero-order valence-corrected chi connectivity index (χ0v) is 22.8. The Labute approximate surface area is 230 Å². The highest BCUT2D eigenvalue weighted by Gasteiger charge is 2.50. The standard InChI is InChI=1S/C23H26Cl2F3N7O4/c1-13(2)4-7-33-17-18(35(39-20(37)23(26,27)28)21(33)32-8-5-29-6-9-32)31(3)22(38)34(19(17)36)12-14-10-15(24)30-16(25)11-14/h4,10-11,21,29H,5-9,12H2,1-3H3. The zero-order valence-electron chi connectivity index (χ0n) is 21.3. The summed E-state index contributed by atoms with van der Waals surface area (Å²) in [5.74, 6) is -2.74. The molecular weight excluding hydrogens is 566 g/mol. The third kappa shape index (κ3) is 5.93. The number of halogens is 5. The molecule has 11 nitrogen and oxygen atoms in total. The summed E-state index contributed by atoms with van der Waals surface area (Å²) in [5.41, 5.74) is -0.442. The molecule has 2 aromatic rings. The van der Waals surface area contributed by atoms with Crippen LogP contribution in [0.5, 0.6) is 0 Å². The second-order valence-electron chi connectivity index (χ2n) is 9.29. The second kappa shape index (κ2) is 11.2. The number of hydroxylamine groups is 1. The van der Waals surface area contributed by atoms with Crippen molar-refractivity contribution in [3.05, 3.63) is 60.5 Å². The van der Waals surface area contributed by atoms with Crippen molar-refractivity contribution < 1.29 is 22.8 Å². The third-order valence-corrected chi connectivity index (χ3v) is 6.62. The van der Waals surface area contributed by atoms with Gasteiger partial charge in [0.05, 0.1) is 6.54 Å². The first-order chi connectivity index (χ1) is 18.3. The number of piperazine rings is 1. The number of hydrogen-bond donors (Lipinski definition) is 1. The Balaban J connectivity index is 1.93. The van der Waals surface area contributed by atoms with E-state index in [0.717, 1.165) is 14.7 Å². The number of rotatable bonds is 6. The van der Waals surface area contributed by atoms with Gasteiger partial charge in [-0.2, -0.15) is 13.2 Å². The number of pyridine rings is 1. The van der Waals surface area contributed by atoms with Crippen LogP contribution in [-0.2, 0) is 23.2 Å². The minimum absolute atomic E-state index is 0.0535. The Morgan fingerprint density at radius 1 is 1.18 bits per heavy atom. The molecule has 1 N–H and O–H groups in total. The molecule has 1 saturated heterocycles. The normalized spacial score (nSPS) is 17.8. The maximum atomic E-state index is 13.9. The molecule has 2 aliphatic heterocycles. The van der Waals surface area contributed by atoms with E-state index in [1.807, 2.05) is 13.8 Å². The van der Waals surface area contributed by atoms with Crippen LogP contribution in [0.3, 0.4) is 0 Å². The number of allylic oxidation sites excluding steroid dienone is 1. The number of hydrogen-bond acceptors (Lipinski definition) is 9. The van der Waals surface area contributed by atoms with Gasteiger partial charge in [0.2, 0.25) is 0 Å². The van der Waals surface area contributed by atoms with Crippen molar-refractivity contribution in [3.8, 4) is 0 Å². The number of anilines is 2. The van der Waals surface area contributed by atoms with Gasteiger partial charge in [0.15, 0.2) is 17.8 Å². The maximum Gasteiger partial charge on any atom is 0.493 e. The van der Waals surface area contributed by atoms with Gasteiger partial charge < -0.3 is 15.1 Å². The summed E-state index contributed by atoms with van der Waals surface area (Å²) in [5, 5.41) is 3.97. The van der Waals surface area contributed by atoms with Crippen LogP contribution in [0.15, 0.2) is 33.4 Å². The molecule has 16 heteroatoms. The minimum atomic E-state index is -5.31. The van der Waals surface area contributed by atoms with Crippen molar-refractivity contribution in [1.82, 2.24) is 24.3 Å². The Bertz CT molecular complexity index is 1400. The van der Waals surface area contributed by atoms with E-state index in [1.54, 1.807) is 11.0 Å². The van der Waals surface area contributed by atoms with Crippen LogP contribution >= 0.6 is 23.2 Å². The summed E-state index contributed by atoms with van der Waals surface area (Å²) in [6.07, 6.45) is -4.65. The summed E-state index contributed by atoms with van der Waals surface area (Å²) in [4.78, 5) is 51.4. The van der Waals surface area contributed by atoms with Crippen LogP contribution in [0.2, 0.25) is 10.3 Å². The van der Waals surface area contributed by atoms with E-state index < -0.39 is 29.7 Å². The van der Waals surface area contributed by atoms with Crippen molar-refractivity contribution in [3.63, 3.8) is 0 Å². The first-order valence-corrected chi connectivity index (χ1v) is 12.6. The summed E-state index contributed by atoms with van der Waals surface area (Å²) in [7, 11) is 1.29. The van der Waals surface area contributed by atoms with Gasteiger partial charge in [-0.15, -0.1) is 5.06 Å². The van der Waals surface area contributed by atoms with Crippen molar-refractivity contribution in [1.29, 1.82) is 0 Å². The lowest BCUT2D eigenvalue weighted by Gasteiger charge is -2.40. The van der Waals surface area contributed by atoms with Crippen LogP contribution in [0.25, 0.3) is 0 Å². The zero-order chi connectivity index (χ0) is 28.6. The Morgan fingerprint density at radius 2 is 1.79 bits per heavy atom. The average Bonchev–Trinajstić information content (AvgIpc) is 3.17. The summed E-state index contributed by atoms with van der Waals surface area (Å²) in [6.45, 7) is 5.28. The third-order valence-electron chi connectivity index (χ3n) is 6.23. The van der Waals surface area contributed by atoms with Crippen molar-refractivity contribution in [2.75, 3.05) is 42.7 Å². The molecule has 0 radical (unpaired) electrons. The van der Waals surface area contributed by atoms with E-state index in [9.17, 15) is 27.6 Å². The molecule has 1 fully saturated rings. The highest BCUT2D eigenvalue weighted by atomic mass is 35.5. The Morgan fingerprint density at radius 3 is 2.36 bits per heavy atom. The lowest BCUT2D eigenvalue weighted by molar-refractivity contribution is -0.203. The number of aromatic nitrogens is 3. The average molecular weight is 592 g/mol. The molecule has 0 spiro atoms. The van der Waals surface area contributed by atoms with Crippen LogP contribution < -0.4 is 26.5 Å². The lowest BCUT2D eigenvalue weighted by atomic mass is 10.2. The Hall–Kier alpha value is -3.07. The first-order valence-electron chi connectivity index (χ1n) is 11.9. The fraction of sp³-hybridized carbons (Fsp3) is 0.478. The number of nitrogens with zero attached hydrogens (tertiary/aromatic N) is 6. The fourth-order valence-electron chi connectivity index (χ4n) is 4.48. The predicted molar refractivity (Wildman–Crippen MR) is 139 cm³/mol. The van der Waals surface area contributed by atoms with E-state index in [0.29, 0.717) is 36.8 Å². The predicted octanol–water partition coefficient (Wildman–Crippen LogP) is 2.10. The second-order valence-corrected chi connectivity index (χ2v) is 10.1. The van der Waals surface area contributed by atoms with Crippen molar-refractivity contribution >= 4 is 40.7 Å². The van der Waals surface area contributed by atoms with Gasteiger partial charge in [-0.25, -0.2) is 14.6 Å². The molecule has 0 saturated carbocycles. The van der Waals surface area contributed by atoms with Gasteiger partial charge in [-0.1, -0.05) is 34.9 Å². The molecule has 0 aromatic carbocycles. The summed E-state index contributed by atoms with van der Waals surface area (Å²) >= 11 is 12.0. The van der Waals surface area contributed by atoms with Gasteiger partial charge in [0.1, 0.15) is 10.3 Å². The highest BCUT2D eigenvalue weighted by molar-refractivity contribution is 6.32. The lowest BCUT2D eigenvalue weighted by Crippen LogP contribution is -2.61.